The zero-order chi connectivity index (χ0) is 68.7. The fraction of sp³-hybridized carbons (Fsp3) is 0.754. The average molecular weight is 1270 g/mol. The molecule has 22 heteroatoms. The third-order valence-corrected chi connectivity index (χ3v) is 22.1. The quantitative estimate of drug-likeness (QED) is 0.0339. The normalized spacial score (nSPS) is 37.9. The predicted octanol–water partition coefficient (Wildman–Crippen LogP) is 10.9. The zero-order valence-corrected chi connectivity index (χ0v) is 56.3. The van der Waals surface area contributed by atoms with Gasteiger partial charge in [0.05, 0.1) is 58.3 Å². The Hall–Kier alpha value is -5.97. The van der Waals surface area contributed by atoms with Gasteiger partial charge in [0.1, 0.15) is 50.3 Å². The second-order valence-corrected chi connectivity index (χ2v) is 29.7. The van der Waals surface area contributed by atoms with E-state index in [1.807, 2.05) is 84.5 Å². The number of hydrogen-bond acceptors (Lipinski definition) is 21. The molecule has 2 aliphatic rings. The van der Waals surface area contributed by atoms with Crippen LogP contribution in [0.2, 0.25) is 0 Å². The van der Waals surface area contributed by atoms with Crippen molar-refractivity contribution in [2.45, 2.75) is 220 Å². The number of hydrogen-bond donors (Lipinski definition) is 8. The standard InChI is InChI=1S/C69H108N10O12/c1-40(2)24-54-51(34-82)63(89)29-50(33-81)66(12,76-71)57(27-43(7)8)60(39-87)69(91,30-46-18-20-47(21-19-46)31-79-23-22-61(74-79)48-16-15-17-48)45(10)59(38-86)68(14,78-73)55(25-41(3)4)52(35-83)62(88)28-49(32-80)65(11,75-70)56(26-42(5)6)53(36-84)64(90)44(9)58(37-85)67(54,13)77-72/h18-23,32-45,48-60,62-64,70-73,88-91H,15-17,24-31H2,1-14H3. The van der Waals surface area contributed by atoms with E-state index in [-0.39, 0.29) is 55.8 Å². The minimum Gasteiger partial charge on any atom is -0.392 e. The maximum absolute atomic E-state index is 14.7. The summed E-state index contributed by atoms with van der Waals surface area (Å²) in [6, 6.07) is 9.26. The number of benzene rings is 1. The van der Waals surface area contributed by atoms with E-state index in [4.69, 9.17) is 27.2 Å². The molecule has 22 unspecified atom stereocenters. The van der Waals surface area contributed by atoms with Gasteiger partial charge in [-0.1, -0.05) is 99.9 Å². The van der Waals surface area contributed by atoms with Crippen LogP contribution in [0.15, 0.2) is 57.0 Å². The molecule has 1 heterocycles. The lowest BCUT2D eigenvalue weighted by Crippen LogP contribution is -2.61. The summed E-state index contributed by atoms with van der Waals surface area (Å²) < 4.78 is 1.84. The molecule has 2 saturated carbocycles. The van der Waals surface area contributed by atoms with Crippen LogP contribution in [0.1, 0.15) is 177 Å². The summed E-state index contributed by atoms with van der Waals surface area (Å²) in [4.78, 5) is 112. The number of carbonyl (C=O) groups is 8. The van der Waals surface area contributed by atoms with Crippen molar-refractivity contribution in [1.82, 2.24) is 9.78 Å². The lowest BCUT2D eigenvalue weighted by atomic mass is 9.54. The van der Waals surface area contributed by atoms with Crippen molar-refractivity contribution in [1.29, 1.82) is 22.1 Å². The molecule has 0 saturated heterocycles. The minimum absolute atomic E-state index is 0.00400. The monoisotopic (exact) mass is 1270 g/mol. The molecule has 22 atom stereocenters. The van der Waals surface area contributed by atoms with E-state index in [1.54, 1.807) is 12.1 Å². The van der Waals surface area contributed by atoms with Crippen LogP contribution < -0.4 is 0 Å². The van der Waals surface area contributed by atoms with Crippen molar-refractivity contribution >= 4 is 50.3 Å². The molecule has 0 bridgehead atoms. The minimum atomic E-state index is -2.40. The highest BCUT2D eigenvalue weighted by molar-refractivity contribution is 5.65. The molecule has 0 radical (unpaired) electrons. The molecule has 4 rings (SSSR count). The van der Waals surface area contributed by atoms with E-state index in [2.05, 4.69) is 20.5 Å². The van der Waals surface area contributed by atoms with Crippen molar-refractivity contribution in [3.05, 3.63) is 53.3 Å². The highest BCUT2D eigenvalue weighted by Crippen LogP contribution is 2.53. The SMILES string of the molecule is CC(C)CC1C(C=O)C(O)C(C)C(C=O)C(C)(N=N)C(CC(C)C)C(C=O)C(O)CC(C=O)C(C)(N=N)C(CC(C)C)C(C=O)C(O)(Cc2ccc(Cn3ccc(C4CCC4)n3)cc2)C(C)C(C=O)C(C)(N=N)C(CC(C)C)C(C=O)C(O)CC(C=O)C1(C)N=N. The molecule has 1 aromatic carbocycles. The topological polar surface area (TPSA) is 380 Å². The Morgan fingerprint density at radius 2 is 0.912 bits per heavy atom. The lowest BCUT2D eigenvalue weighted by molar-refractivity contribution is -0.153. The molecule has 0 spiro atoms. The van der Waals surface area contributed by atoms with Gasteiger partial charge in [0.25, 0.3) is 0 Å². The largest absolute Gasteiger partial charge is 0.392 e. The number of carbonyl (C=O) groups excluding carboxylic acids is 8. The number of aldehydes is 8. The third-order valence-electron chi connectivity index (χ3n) is 22.1. The summed E-state index contributed by atoms with van der Waals surface area (Å²) in [5, 5.41) is 73.6. The molecule has 506 valence electrons. The van der Waals surface area contributed by atoms with E-state index in [1.165, 1.54) is 41.5 Å². The van der Waals surface area contributed by atoms with Crippen molar-refractivity contribution in [2.75, 3.05) is 0 Å². The summed E-state index contributed by atoms with van der Waals surface area (Å²) in [6.07, 6.45) is 2.16. The van der Waals surface area contributed by atoms with Crippen LogP contribution in [-0.4, -0.2) is 127 Å². The summed E-state index contributed by atoms with van der Waals surface area (Å²) in [6.45, 7) is 23.7. The van der Waals surface area contributed by atoms with E-state index < -0.39 is 142 Å². The van der Waals surface area contributed by atoms with E-state index in [0.717, 1.165) is 30.5 Å². The Bertz CT molecular complexity index is 2780. The summed E-state index contributed by atoms with van der Waals surface area (Å²) >= 11 is 0. The van der Waals surface area contributed by atoms with Crippen molar-refractivity contribution in [2.24, 2.45) is 127 Å². The maximum atomic E-state index is 14.7. The molecule has 8 N–H and O–H groups in total. The molecule has 1 aromatic heterocycles. The van der Waals surface area contributed by atoms with Gasteiger partial charge in [-0.25, -0.2) is 22.1 Å². The molecular weight excluding hydrogens is 1160 g/mol. The van der Waals surface area contributed by atoms with Gasteiger partial charge < -0.3 is 58.8 Å². The summed E-state index contributed by atoms with van der Waals surface area (Å²) in [5.74, 6) is -20.7. The van der Waals surface area contributed by atoms with E-state index in [0.29, 0.717) is 68.3 Å². The summed E-state index contributed by atoms with van der Waals surface area (Å²) in [7, 11) is 0. The molecule has 0 aliphatic heterocycles. The molecule has 2 fully saturated rings. The molecular formula is C69H108N10O12. The first-order chi connectivity index (χ1) is 42.8. The van der Waals surface area contributed by atoms with Crippen LogP contribution in [0.4, 0.5) is 0 Å². The number of aliphatic hydroxyl groups excluding tert-OH is 3. The number of aromatic nitrogens is 2. The second-order valence-electron chi connectivity index (χ2n) is 29.7. The zero-order valence-electron chi connectivity index (χ0n) is 56.3. The molecule has 2 aromatic rings. The van der Waals surface area contributed by atoms with Crippen molar-refractivity contribution in [3.8, 4) is 0 Å². The molecule has 0 amide bonds. The van der Waals surface area contributed by atoms with E-state index >= 15 is 0 Å². The van der Waals surface area contributed by atoms with Gasteiger partial charge in [-0.05, 0) is 155 Å². The van der Waals surface area contributed by atoms with Gasteiger partial charge in [-0.15, -0.1) is 0 Å². The number of nitrogens with one attached hydrogen (secondary N) is 4. The Morgan fingerprint density at radius 1 is 0.527 bits per heavy atom. The predicted molar refractivity (Wildman–Crippen MR) is 341 cm³/mol. The maximum Gasteiger partial charge on any atom is 0.126 e. The Labute approximate surface area is 538 Å². The van der Waals surface area contributed by atoms with Crippen LogP contribution >= 0.6 is 0 Å². The Morgan fingerprint density at radius 3 is 1.27 bits per heavy atom. The molecule has 2 aliphatic carbocycles. The van der Waals surface area contributed by atoms with Crippen LogP contribution in [-0.2, 0) is 51.3 Å². The second kappa shape index (κ2) is 33.2. The van der Waals surface area contributed by atoms with Crippen LogP contribution in [0.3, 0.4) is 0 Å². The smallest absolute Gasteiger partial charge is 0.126 e. The van der Waals surface area contributed by atoms with Crippen molar-refractivity contribution < 1.29 is 58.8 Å². The first-order valence-electron chi connectivity index (χ1n) is 32.8. The lowest BCUT2D eigenvalue weighted by Gasteiger charge is -2.52. The van der Waals surface area contributed by atoms with Crippen LogP contribution in [0.25, 0.3) is 0 Å². The number of rotatable bonds is 25. The fourth-order valence-corrected chi connectivity index (χ4v) is 16.1. The summed E-state index contributed by atoms with van der Waals surface area (Å²) in [5.41, 5.74) is 27.9. The number of aliphatic hydroxyl groups is 4. The van der Waals surface area contributed by atoms with Gasteiger partial charge in [-0.2, -0.15) is 25.6 Å². The Kier molecular flexibility index (Phi) is 28.3. The van der Waals surface area contributed by atoms with Gasteiger partial charge >= 0.3 is 0 Å². The van der Waals surface area contributed by atoms with Gasteiger partial charge in [-0.3, -0.25) is 4.68 Å². The Balaban J connectivity index is 2.21. The van der Waals surface area contributed by atoms with Crippen LogP contribution in [0.5, 0.6) is 0 Å². The highest BCUT2D eigenvalue weighted by Gasteiger charge is 2.61. The number of nitrogens with zero attached hydrogens (tertiary/aromatic N) is 6. The molecule has 91 heavy (non-hydrogen) atoms. The first-order valence-corrected chi connectivity index (χ1v) is 32.8. The van der Waals surface area contributed by atoms with Gasteiger partial charge in [0, 0.05) is 65.9 Å². The van der Waals surface area contributed by atoms with E-state index in [9.17, 15) is 58.8 Å². The average Bonchev–Trinajstić information content (AvgIpc) is 1.22. The first kappa shape index (κ1) is 77.5. The van der Waals surface area contributed by atoms with Gasteiger partial charge in [0.2, 0.25) is 0 Å². The van der Waals surface area contributed by atoms with Gasteiger partial charge in [0.15, 0.2) is 0 Å². The van der Waals surface area contributed by atoms with Crippen molar-refractivity contribution in [3.63, 3.8) is 0 Å². The van der Waals surface area contributed by atoms with Crippen LogP contribution in [0, 0.1) is 129 Å². The highest BCUT2D eigenvalue weighted by atomic mass is 16.3. The fourth-order valence-electron chi connectivity index (χ4n) is 16.1. The third kappa shape index (κ3) is 16.7. The molecule has 22 nitrogen and oxygen atoms in total.